The van der Waals surface area contributed by atoms with Crippen molar-refractivity contribution in [1.29, 1.82) is 0 Å². The minimum absolute atomic E-state index is 0.0960. The van der Waals surface area contributed by atoms with Crippen LogP contribution in [0.4, 0.5) is 11.4 Å². The van der Waals surface area contributed by atoms with Gasteiger partial charge in [-0.15, -0.1) is 11.8 Å². The van der Waals surface area contributed by atoms with Gasteiger partial charge >= 0.3 is 0 Å². The number of nitrogens with one attached hydrogen (secondary N) is 3. The predicted octanol–water partition coefficient (Wildman–Crippen LogP) is 7.74. The van der Waals surface area contributed by atoms with Crippen molar-refractivity contribution in [1.82, 2.24) is 5.32 Å². The molecule has 8 heteroatoms. The Kier molecular flexibility index (Phi) is 9.48. The van der Waals surface area contributed by atoms with Crippen LogP contribution in [0.3, 0.4) is 0 Å². The number of halogens is 1. The van der Waals surface area contributed by atoms with E-state index in [-0.39, 0.29) is 17.4 Å². The first-order valence-corrected chi connectivity index (χ1v) is 14.9. The lowest BCUT2D eigenvalue weighted by molar-refractivity contribution is -0.114. The summed E-state index contributed by atoms with van der Waals surface area (Å²) in [6, 6.07) is 37.0. The molecule has 208 valence electrons. The van der Waals surface area contributed by atoms with Crippen LogP contribution in [0.15, 0.2) is 136 Å². The van der Waals surface area contributed by atoms with Gasteiger partial charge in [0.05, 0.1) is 5.75 Å². The number of anilines is 2. The van der Waals surface area contributed by atoms with E-state index >= 15 is 0 Å². The Morgan fingerprint density at radius 2 is 1.45 bits per heavy atom. The molecule has 5 aromatic carbocycles. The minimum atomic E-state index is -0.474. The van der Waals surface area contributed by atoms with E-state index in [0.29, 0.717) is 11.3 Å². The second-order valence-electron chi connectivity index (χ2n) is 9.28. The zero-order chi connectivity index (χ0) is 29.3. The zero-order valence-corrected chi connectivity index (χ0v) is 24.7. The smallest absolute Gasteiger partial charge is 0.272 e. The number of thioether (sulfide) groups is 1. The molecule has 3 N–H and O–H groups in total. The van der Waals surface area contributed by atoms with Gasteiger partial charge in [0.15, 0.2) is 0 Å². The standard InChI is InChI=1S/C34H26BrN3O3S/c35-26-18-16-23(17-19-26)20-31(38-33(40)25-9-2-1-3-10-25)34(41)36-27-12-7-13-28(21-27)42-22-32(39)37-30-15-6-11-24-8-4-5-14-29(24)30/h1-21H,22H2,(H,36,41)(H,37,39)(H,38,40)/b31-20+. The van der Waals surface area contributed by atoms with Gasteiger partial charge in [0, 0.05) is 31.7 Å². The minimum Gasteiger partial charge on any atom is -0.325 e. The van der Waals surface area contributed by atoms with Crippen molar-refractivity contribution >= 4 is 73.6 Å². The second-order valence-corrected chi connectivity index (χ2v) is 11.2. The van der Waals surface area contributed by atoms with Crippen LogP contribution >= 0.6 is 27.7 Å². The molecule has 0 unspecified atom stereocenters. The average Bonchev–Trinajstić information content (AvgIpc) is 3.01. The summed E-state index contributed by atoms with van der Waals surface area (Å²) in [6.07, 6.45) is 1.62. The summed E-state index contributed by atoms with van der Waals surface area (Å²) in [5.41, 5.74) is 2.58. The molecule has 3 amide bonds. The van der Waals surface area contributed by atoms with E-state index in [1.165, 1.54) is 11.8 Å². The maximum absolute atomic E-state index is 13.4. The Morgan fingerprint density at radius 3 is 2.26 bits per heavy atom. The quantitative estimate of drug-likeness (QED) is 0.114. The number of rotatable bonds is 9. The van der Waals surface area contributed by atoms with Gasteiger partial charge in [-0.3, -0.25) is 14.4 Å². The lowest BCUT2D eigenvalue weighted by Crippen LogP contribution is -2.30. The summed E-state index contributed by atoms with van der Waals surface area (Å²) in [6.45, 7) is 0. The van der Waals surface area contributed by atoms with Crippen molar-refractivity contribution in [3.05, 3.63) is 143 Å². The molecule has 0 fully saturated rings. The molecule has 0 spiro atoms. The zero-order valence-electron chi connectivity index (χ0n) is 22.3. The van der Waals surface area contributed by atoms with Crippen molar-refractivity contribution < 1.29 is 14.4 Å². The fourth-order valence-electron chi connectivity index (χ4n) is 4.20. The molecular weight excluding hydrogens is 610 g/mol. The van der Waals surface area contributed by atoms with Gasteiger partial charge in [0.25, 0.3) is 11.8 Å². The molecule has 0 bridgehead atoms. The maximum atomic E-state index is 13.4. The third-order valence-corrected chi connectivity index (χ3v) is 7.76. The molecule has 0 aliphatic rings. The molecule has 0 heterocycles. The van der Waals surface area contributed by atoms with E-state index in [1.54, 1.807) is 48.5 Å². The van der Waals surface area contributed by atoms with Crippen LogP contribution in [0, 0.1) is 0 Å². The molecular formula is C34H26BrN3O3S. The summed E-state index contributed by atoms with van der Waals surface area (Å²) in [5, 5.41) is 10.7. The molecule has 0 aliphatic heterocycles. The first-order valence-electron chi connectivity index (χ1n) is 13.1. The highest BCUT2D eigenvalue weighted by Gasteiger charge is 2.16. The van der Waals surface area contributed by atoms with E-state index in [0.717, 1.165) is 31.4 Å². The van der Waals surface area contributed by atoms with Gasteiger partial charge in [-0.2, -0.15) is 0 Å². The van der Waals surface area contributed by atoms with Crippen LogP contribution in [0.1, 0.15) is 15.9 Å². The highest BCUT2D eigenvalue weighted by Crippen LogP contribution is 2.25. The second kappa shape index (κ2) is 13.8. The van der Waals surface area contributed by atoms with Crippen molar-refractivity contribution in [2.24, 2.45) is 0 Å². The summed E-state index contributed by atoms with van der Waals surface area (Å²) >= 11 is 4.78. The summed E-state index contributed by atoms with van der Waals surface area (Å²) in [4.78, 5) is 39.8. The van der Waals surface area contributed by atoms with Gasteiger partial charge in [-0.25, -0.2) is 0 Å². The monoisotopic (exact) mass is 635 g/mol. The van der Waals surface area contributed by atoms with Gasteiger partial charge in [-0.05, 0) is 65.6 Å². The molecule has 0 radical (unpaired) electrons. The number of amides is 3. The van der Waals surface area contributed by atoms with Crippen molar-refractivity contribution in [2.45, 2.75) is 4.90 Å². The number of carbonyl (C=O) groups excluding carboxylic acids is 3. The highest BCUT2D eigenvalue weighted by atomic mass is 79.9. The maximum Gasteiger partial charge on any atom is 0.272 e. The topological polar surface area (TPSA) is 87.3 Å². The lowest BCUT2D eigenvalue weighted by Gasteiger charge is -2.12. The third-order valence-electron chi connectivity index (χ3n) is 6.24. The molecule has 0 atom stereocenters. The third kappa shape index (κ3) is 7.75. The summed E-state index contributed by atoms with van der Waals surface area (Å²) < 4.78 is 0.902. The number of benzene rings is 5. The van der Waals surface area contributed by atoms with Crippen molar-refractivity contribution in [2.75, 3.05) is 16.4 Å². The lowest BCUT2D eigenvalue weighted by atomic mass is 10.1. The van der Waals surface area contributed by atoms with E-state index < -0.39 is 11.8 Å². The van der Waals surface area contributed by atoms with E-state index in [2.05, 4.69) is 31.9 Å². The van der Waals surface area contributed by atoms with Crippen molar-refractivity contribution in [3.63, 3.8) is 0 Å². The summed E-state index contributed by atoms with van der Waals surface area (Å²) in [5.74, 6) is -0.801. The Balaban J connectivity index is 1.26. The Hall–Kier alpha value is -4.66. The molecule has 42 heavy (non-hydrogen) atoms. The Bertz CT molecular complexity index is 1770. The van der Waals surface area contributed by atoms with E-state index in [4.69, 9.17) is 0 Å². The van der Waals surface area contributed by atoms with Gasteiger partial charge in [-0.1, -0.05) is 88.7 Å². The van der Waals surface area contributed by atoms with Crippen LogP contribution in [-0.2, 0) is 9.59 Å². The van der Waals surface area contributed by atoms with Gasteiger partial charge < -0.3 is 16.0 Å². The average molecular weight is 637 g/mol. The molecule has 0 saturated heterocycles. The largest absolute Gasteiger partial charge is 0.325 e. The van der Waals surface area contributed by atoms with Crippen molar-refractivity contribution in [3.8, 4) is 0 Å². The fourth-order valence-corrected chi connectivity index (χ4v) is 5.22. The number of fused-ring (bicyclic) bond motifs is 1. The van der Waals surface area contributed by atoms with Gasteiger partial charge in [0.1, 0.15) is 5.70 Å². The SMILES string of the molecule is O=C(CSc1cccc(NC(=O)/C(=C\c2ccc(Br)cc2)NC(=O)c2ccccc2)c1)Nc1cccc2ccccc12. The van der Waals surface area contributed by atoms with Crippen LogP contribution in [0.5, 0.6) is 0 Å². The Morgan fingerprint density at radius 1 is 0.738 bits per heavy atom. The number of hydrogen-bond acceptors (Lipinski definition) is 4. The first kappa shape index (κ1) is 28.9. The number of hydrogen-bond donors (Lipinski definition) is 3. The predicted molar refractivity (Wildman–Crippen MR) is 174 cm³/mol. The van der Waals surface area contributed by atoms with Crippen LogP contribution in [0.2, 0.25) is 0 Å². The van der Waals surface area contributed by atoms with Crippen LogP contribution in [0.25, 0.3) is 16.8 Å². The fraction of sp³-hybridized carbons (Fsp3) is 0.0294. The molecule has 5 rings (SSSR count). The molecule has 0 saturated carbocycles. The first-order chi connectivity index (χ1) is 20.4. The van der Waals surface area contributed by atoms with E-state index in [9.17, 15) is 14.4 Å². The molecule has 0 aromatic heterocycles. The van der Waals surface area contributed by atoms with Crippen LogP contribution < -0.4 is 16.0 Å². The normalized spacial score (nSPS) is 11.1. The molecule has 0 aliphatic carbocycles. The molecule has 5 aromatic rings. The number of carbonyl (C=O) groups is 3. The molecule has 6 nitrogen and oxygen atoms in total. The Labute approximate surface area is 256 Å². The summed E-state index contributed by atoms with van der Waals surface area (Å²) in [7, 11) is 0. The van der Waals surface area contributed by atoms with Gasteiger partial charge in [0.2, 0.25) is 5.91 Å². The highest BCUT2D eigenvalue weighted by molar-refractivity contribution is 9.10. The van der Waals surface area contributed by atoms with E-state index in [1.807, 2.05) is 78.9 Å². The van der Waals surface area contributed by atoms with Crippen LogP contribution in [-0.4, -0.2) is 23.5 Å².